The van der Waals surface area contributed by atoms with Gasteiger partial charge in [0.1, 0.15) is 0 Å². The third-order valence-corrected chi connectivity index (χ3v) is 3.93. The summed E-state index contributed by atoms with van der Waals surface area (Å²) in [7, 11) is 0. The van der Waals surface area contributed by atoms with Crippen LogP contribution in [0.3, 0.4) is 0 Å². The van der Waals surface area contributed by atoms with Gasteiger partial charge in [-0.25, -0.2) is 0 Å². The molecule has 0 radical (unpaired) electrons. The summed E-state index contributed by atoms with van der Waals surface area (Å²) in [6, 6.07) is 0. The minimum absolute atomic E-state index is 0.567. The number of rotatable bonds is 4. The van der Waals surface area contributed by atoms with Gasteiger partial charge in [-0.2, -0.15) is 0 Å². The van der Waals surface area contributed by atoms with E-state index >= 15 is 0 Å². The molecule has 106 valence electrons. The molecule has 2 saturated heterocycles. The zero-order valence-corrected chi connectivity index (χ0v) is 11.9. The van der Waals surface area contributed by atoms with Crippen molar-refractivity contribution < 1.29 is 9.84 Å². The largest absolute Gasteiger partial charge is 0.389 e. The van der Waals surface area contributed by atoms with Crippen LogP contribution in [-0.2, 0) is 4.74 Å². The van der Waals surface area contributed by atoms with E-state index in [1.807, 2.05) is 13.8 Å². The molecule has 0 amide bonds. The predicted molar refractivity (Wildman–Crippen MR) is 72.7 cm³/mol. The number of β-amino-alcohol motifs (C(OH)–C–C–N with tert-alkyl or cyclic N) is 1. The molecule has 0 aromatic rings. The smallest absolute Gasteiger partial charge is 0.0718 e. The second-order valence-corrected chi connectivity index (χ2v) is 6.44. The minimum atomic E-state index is -0.567. The van der Waals surface area contributed by atoms with E-state index in [-0.39, 0.29) is 0 Å². The van der Waals surface area contributed by atoms with Crippen LogP contribution in [0.25, 0.3) is 0 Å². The second-order valence-electron chi connectivity index (χ2n) is 6.44. The van der Waals surface area contributed by atoms with Crippen LogP contribution in [-0.4, -0.2) is 73.0 Å². The Balaban J connectivity index is 1.66. The average Bonchev–Trinajstić information content (AvgIpc) is 2.31. The first-order valence-corrected chi connectivity index (χ1v) is 7.28. The number of aliphatic hydroxyl groups is 1. The van der Waals surface area contributed by atoms with Crippen molar-refractivity contribution in [3.05, 3.63) is 0 Å². The Morgan fingerprint density at radius 3 is 2.17 bits per heavy atom. The molecule has 0 atom stereocenters. The van der Waals surface area contributed by atoms with Gasteiger partial charge < -0.3 is 14.7 Å². The number of hydrogen-bond donors (Lipinski definition) is 1. The maximum absolute atomic E-state index is 9.83. The van der Waals surface area contributed by atoms with Crippen LogP contribution in [0.15, 0.2) is 0 Å². The quantitative estimate of drug-likeness (QED) is 0.807. The Labute approximate surface area is 111 Å². The summed E-state index contributed by atoms with van der Waals surface area (Å²) in [6.45, 7) is 12.2. The van der Waals surface area contributed by atoms with Crippen molar-refractivity contribution in [2.75, 3.05) is 52.5 Å². The molecular weight excluding hydrogens is 228 g/mol. The lowest BCUT2D eigenvalue weighted by molar-refractivity contribution is 0.00853. The summed E-state index contributed by atoms with van der Waals surface area (Å²) in [6.07, 6.45) is 2.45. The monoisotopic (exact) mass is 256 g/mol. The highest BCUT2D eigenvalue weighted by Crippen LogP contribution is 2.17. The van der Waals surface area contributed by atoms with Crippen LogP contribution >= 0.6 is 0 Å². The molecule has 2 fully saturated rings. The van der Waals surface area contributed by atoms with Crippen molar-refractivity contribution in [1.29, 1.82) is 0 Å². The molecule has 2 rings (SSSR count). The molecule has 0 aromatic carbocycles. The number of nitrogens with zero attached hydrogens (tertiary/aromatic N) is 2. The molecule has 2 heterocycles. The van der Waals surface area contributed by atoms with Crippen molar-refractivity contribution in [3.63, 3.8) is 0 Å². The fourth-order valence-corrected chi connectivity index (χ4v) is 2.97. The van der Waals surface area contributed by atoms with Gasteiger partial charge in [0.2, 0.25) is 0 Å². The topological polar surface area (TPSA) is 35.9 Å². The molecule has 0 aliphatic carbocycles. The lowest BCUT2D eigenvalue weighted by Gasteiger charge is -2.39. The molecule has 18 heavy (non-hydrogen) atoms. The van der Waals surface area contributed by atoms with Gasteiger partial charge in [0.15, 0.2) is 0 Å². The van der Waals surface area contributed by atoms with E-state index in [9.17, 15) is 5.11 Å². The Morgan fingerprint density at radius 1 is 1.06 bits per heavy atom. The predicted octanol–water partition coefficient (Wildman–Crippen LogP) is 0.802. The van der Waals surface area contributed by atoms with E-state index in [2.05, 4.69) is 9.80 Å². The fraction of sp³-hybridized carbons (Fsp3) is 1.00. The van der Waals surface area contributed by atoms with Crippen LogP contribution < -0.4 is 0 Å². The summed E-state index contributed by atoms with van der Waals surface area (Å²) in [5.41, 5.74) is -0.567. The van der Waals surface area contributed by atoms with Gasteiger partial charge in [-0.15, -0.1) is 0 Å². The lowest BCUT2D eigenvalue weighted by atomic mass is 9.99. The standard InChI is InChI=1S/C14H28N2O2/c1-14(2,17)12-16-7-5-15(6-8-16)11-13-3-9-18-10-4-13/h13,17H,3-12H2,1-2H3. The zero-order valence-electron chi connectivity index (χ0n) is 11.9. The molecule has 0 saturated carbocycles. The number of piperazine rings is 1. The van der Waals surface area contributed by atoms with Crippen LogP contribution in [0.2, 0.25) is 0 Å². The van der Waals surface area contributed by atoms with Gasteiger partial charge in [-0.1, -0.05) is 0 Å². The van der Waals surface area contributed by atoms with E-state index in [4.69, 9.17) is 4.74 Å². The molecular formula is C14H28N2O2. The van der Waals surface area contributed by atoms with Crippen molar-refractivity contribution in [2.24, 2.45) is 5.92 Å². The normalized spacial score (nSPS) is 25.5. The van der Waals surface area contributed by atoms with E-state index < -0.39 is 5.60 Å². The summed E-state index contributed by atoms with van der Waals surface area (Å²) in [5, 5.41) is 9.83. The summed E-state index contributed by atoms with van der Waals surface area (Å²) >= 11 is 0. The first-order valence-electron chi connectivity index (χ1n) is 7.28. The molecule has 0 unspecified atom stereocenters. The lowest BCUT2D eigenvalue weighted by Crippen LogP contribution is -2.51. The van der Waals surface area contributed by atoms with Crippen molar-refractivity contribution >= 4 is 0 Å². The zero-order chi connectivity index (χ0) is 13.0. The summed E-state index contributed by atoms with van der Waals surface area (Å²) in [5.74, 6) is 0.833. The Hall–Kier alpha value is -0.160. The van der Waals surface area contributed by atoms with Crippen LogP contribution in [0, 0.1) is 5.92 Å². The van der Waals surface area contributed by atoms with Crippen LogP contribution in [0.4, 0.5) is 0 Å². The minimum Gasteiger partial charge on any atom is -0.389 e. The van der Waals surface area contributed by atoms with E-state index in [1.165, 1.54) is 19.4 Å². The van der Waals surface area contributed by atoms with Crippen molar-refractivity contribution in [2.45, 2.75) is 32.3 Å². The summed E-state index contributed by atoms with van der Waals surface area (Å²) < 4.78 is 5.41. The molecule has 4 nitrogen and oxygen atoms in total. The fourth-order valence-electron chi connectivity index (χ4n) is 2.97. The molecule has 2 aliphatic rings. The first-order chi connectivity index (χ1) is 8.53. The van der Waals surface area contributed by atoms with Crippen LogP contribution in [0.1, 0.15) is 26.7 Å². The highest BCUT2D eigenvalue weighted by molar-refractivity contribution is 4.79. The molecule has 0 bridgehead atoms. The maximum Gasteiger partial charge on any atom is 0.0718 e. The Kier molecular flexibility index (Phi) is 5.01. The van der Waals surface area contributed by atoms with Crippen LogP contribution in [0.5, 0.6) is 0 Å². The van der Waals surface area contributed by atoms with Gasteiger partial charge in [-0.05, 0) is 32.6 Å². The maximum atomic E-state index is 9.83. The number of hydrogen-bond acceptors (Lipinski definition) is 4. The molecule has 2 aliphatic heterocycles. The highest BCUT2D eigenvalue weighted by Gasteiger charge is 2.24. The van der Waals surface area contributed by atoms with Gasteiger partial charge in [0.05, 0.1) is 5.60 Å². The SMILES string of the molecule is CC(C)(O)CN1CCN(CC2CCOCC2)CC1. The van der Waals surface area contributed by atoms with Crippen molar-refractivity contribution in [1.82, 2.24) is 9.80 Å². The van der Waals surface area contributed by atoms with Gasteiger partial charge in [-0.3, -0.25) is 4.90 Å². The number of ether oxygens (including phenoxy) is 1. The molecule has 0 spiro atoms. The third-order valence-electron chi connectivity index (χ3n) is 3.93. The van der Waals surface area contributed by atoms with Gasteiger partial charge in [0, 0.05) is 52.5 Å². The van der Waals surface area contributed by atoms with Gasteiger partial charge >= 0.3 is 0 Å². The van der Waals surface area contributed by atoms with Crippen molar-refractivity contribution in [3.8, 4) is 0 Å². The van der Waals surface area contributed by atoms with Gasteiger partial charge in [0.25, 0.3) is 0 Å². The van der Waals surface area contributed by atoms with E-state index in [0.29, 0.717) is 0 Å². The van der Waals surface area contributed by atoms with E-state index in [1.54, 1.807) is 0 Å². The molecule has 1 N–H and O–H groups in total. The molecule has 0 aromatic heterocycles. The molecule has 4 heteroatoms. The third kappa shape index (κ3) is 4.84. The van der Waals surface area contributed by atoms with E-state index in [0.717, 1.165) is 51.9 Å². The summed E-state index contributed by atoms with van der Waals surface area (Å²) in [4.78, 5) is 4.96. The Bertz CT molecular complexity index is 239. The average molecular weight is 256 g/mol. The Morgan fingerprint density at radius 2 is 1.61 bits per heavy atom. The first kappa shape index (κ1) is 14.3. The highest BCUT2D eigenvalue weighted by atomic mass is 16.5. The second kappa shape index (κ2) is 6.33.